The van der Waals surface area contributed by atoms with Crippen LogP contribution in [-0.2, 0) is 6.42 Å². The van der Waals surface area contributed by atoms with E-state index in [4.69, 9.17) is 9.47 Å². The van der Waals surface area contributed by atoms with E-state index in [2.05, 4.69) is 5.32 Å². The maximum absolute atomic E-state index is 11.2. The molecule has 1 aromatic carbocycles. The van der Waals surface area contributed by atoms with Gasteiger partial charge in [-0.1, -0.05) is 12.1 Å². The molecule has 0 fully saturated rings. The van der Waals surface area contributed by atoms with Gasteiger partial charge in [0, 0.05) is 19.0 Å². The summed E-state index contributed by atoms with van der Waals surface area (Å²) in [5, 5.41) is 2.41. The van der Waals surface area contributed by atoms with E-state index in [9.17, 15) is 4.79 Å². The van der Waals surface area contributed by atoms with Crippen LogP contribution in [-0.4, -0.2) is 18.7 Å². The highest BCUT2D eigenvalue weighted by Gasteiger charge is 2.32. The van der Waals surface area contributed by atoms with Gasteiger partial charge in [-0.15, -0.1) is 12.4 Å². The van der Waals surface area contributed by atoms with Crippen molar-refractivity contribution in [3.63, 3.8) is 0 Å². The minimum atomic E-state index is -0.485. The Balaban J connectivity index is 0.00000144. The van der Waals surface area contributed by atoms with E-state index in [1.54, 1.807) is 6.07 Å². The molecule has 4 nitrogen and oxygen atoms in total. The molecule has 0 spiro atoms. The van der Waals surface area contributed by atoms with Crippen LogP contribution < -0.4 is 14.8 Å². The summed E-state index contributed by atoms with van der Waals surface area (Å²) >= 11 is 0. The SMILES string of the molecule is CNC(=O)Oc1cccc2c1OC(C)(C)C2.Cl. The minimum absolute atomic E-state index is 0. The number of hydrogen-bond donors (Lipinski definition) is 1. The van der Waals surface area contributed by atoms with Crippen LogP contribution in [0.3, 0.4) is 0 Å². The lowest BCUT2D eigenvalue weighted by Crippen LogP contribution is -2.25. The molecule has 1 aromatic rings. The van der Waals surface area contributed by atoms with Crippen molar-refractivity contribution < 1.29 is 14.3 Å². The first kappa shape index (κ1) is 13.6. The van der Waals surface area contributed by atoms with Crippen molar-refractivity contribution in [1.82, 2.24) is 5.32 Å². The molecule has 0 saturated heterocycles. The highest BCUT2D eigenvalue weighted by Crippen LogP contribution is 2.41. The third-order valence-electron chi connectivity index (χ3n) is 2.46. The second kappa shape index (κ2) is 4.84. The van der Waals surface area contributed by atoms with E-state index in [1.165, 1.54) is 7.05 Å². The zero-order chi connectivity index (χ0) is 11.8. The Morgan fingerprint density at radius 2 is 2.18 bits per heavy atom. The van der Waals surface area contributed by atoms with Gasteiger partial charge in [0.1, 0.15) is 5.60 Å². The van der Waals surface area contributed by atoms with Crippen LogP contribution in [0, 0.1) is 0 Å². The zero-order valence-electron chi connectivity index (χ0n) is 10.1. The first-order valence-corrected chi connectivity index (χ1v) is 5.22. The molecule has 2 rings (SSSR count). The van der Waals surface area contributed by atoms with Crippen LogP contribution in [0.2, 0.25) is 0 Å². The van der Waals surface area contributed by atoms with Crippen LogP contribution in [0.1, 0.15) is 19.4 Å². The molecule has 1 N–H and O–H groups in total. The van der Waals surface area contributed by atoms with E-state index in [1.807, 2.05) is 26.0 Å². The topological polar surface area (TPSA) is 47.6 Å². The highest BCUT2D eigenvalue weighted by atomic mass is 35.5. The van der Waals surface area contributed by atoms with E-state index in [0.29, 0.717) is 11.5 Å². The molecule has 17 heavy (non-hydrogen) atoms. The van der Waals surface area contributed by atoms with Crippen molar-refractivity contribution in [2.24, 2.45) is 0 Å². The zero-order valence-corrected chi connectivity index (χ0v) is 10.9. The molecular weight excluding hydrogens is 242 g/mol. The van der Waals surface area contributed by atoms with Crippen molar-refractivity contribution in [1.29, 1.82) is 0 Å². The van der Waals surface area contributed by atoms with Gasteiger partial charge in [-0.05, 0) is 19.9 Å². The lowest BCUT2D eigenvalue weighted by atomic mass is 10.0. The third-order valence-corrected chi connectivity index (χ3v) is 2.46. The highest BCUT2D eigenvalue weighted by molar-refractivity contribution is 5.85. The number of para-hydroxylation sites is 1. The standard InChI is InChI=1S/C12H15NO3.ClH/c1-12(2)7-8-5-4-6-9(10(8)16-12)15-11(14)13-3;/h4-6H,7H2,1-3H3,(H,13,14);1H. The van der Waals surface area contributed by atoms with Gasteiger partial charge in [0.05, 0.1) is 0 Å². The summed E-state index contributed by atoms with van der Waals surface area (Å²) in [5.74, 6) is 1.15. The number of benzene rings is 1. The molecule has 1 heterocycles. The summed E-state index contributed by atoms with van der Waals surface area (Å²) in [6, 6.07) is 5.58. The summed E-state index contributed by atoms with van der Waals surface area (Å²) in [4.78, 5) is 11.2. The van der Waals surface area contributed by atoms with E-state index in [0.717, 1.165) is 12.0 Å². The maximum Gasteiger partial charge on any atom is 0.412 e. The molecular formula is C12H16ClNO3. The summed E-state index contributed by atoms with van der Waals surface area (Å²) in [6.45, 7) is 4.02. The number of rotatable bonds is 1. The first-order chi connectivity index (χ1) is 7.52. The lowest BCUT2D eigenvalue weighted by Gasteiger charge is -2.17. The van der Waals surface area contributed by atoms with Crippen molar-refractivity contribution in [2.45, 2.75) is 25.9 Å². The van der Waals surface area contributed by atoms with E-state index >= 15 is 0 Å². The quantitative estimate of drug-likeness (QED) is 0.841. The van der Waals surface area contributed by atoms with Gasteiger partial charge >= 0.3 is 6.09 Å². The van der Waals surface area contributed by atoms with Crippen molar-refractivity contribution in [3.8, 4) is 11.5 Å². The Morgan fingerprint density at radius 3 is 2.82 bits per heavy atom. The van der Waals surface area contributed by atoms with Crippen LogP contribution in [0.25, 0.3) is 0 Å². The first-order valence-electron chi connectivity index (χ1n) is 5.22. The molecule has 0 saturated carbocycles. The van der Waals surface area contributed by atoms with Gasteiger partial charge in [0.25, 0.3) is 0 Å². The largest absolute Gasteiger partial charge is 0.483 e. The Hall–Kier alpha value is -1.42. The van der Waals surface area contributed by atoms with Crippen molar-refractivity contribution in [2.75, 3.05) is 7.05 Å². The molecule has 0 atom stereocenters. The molecule has 1 amide bonds. The number of hydrogen-bond acceptors (Lipinski definition) is 3. The molecule has 0 aliphatic carbocycles. The molecule has 94 valence electrons. The smallest absolute Gasteiger partial charge is 0.412 e. The van der Waals surface area contributed by atoms with Gasteiger partial charge in [-0.3, -0.25) is 0 Å². The molecule has 0 unspecified atom stereocenters. The average Bonchev–Trinajstić information content (AvgIpc) is 2.53. The summed E-state index contributed by atoms with van der Waals surface area (Å²) in [7, 11) is 1.52. The fourth-order valence-corrected chi connectivity index (χ4v) is 1.82. The number of ether oxygens (including phenoxy) is 2. The van der Waals surface area contributed by atoms with Crippen LogP contribution in [0.4, 0.5) is 4.79 Å². The average molecular weight is 258 g/mol. The van der Waals surface area contributed by atoms with Crippen molar-refractivity contribution >= 4 is 18.5 Å². The number of fused-ring (bicyclic) bond motifs is 1. The second-order valence-electron chi connectivity index (χ2n) is 4.42. The van der Waals surface area contributed by atoms with Crippen LogP contribution >= 0.6 is 12.4 Å². The Kier molecular flexibility index (Phi) is 3.88. The predicted molar refractivity (Wildman–Crippen MR) is 67.2 cm³/mol. The predicted octanol–water partition coefficient (Wildman–Crippen LogP) is 2.54. The lowest BCUT2D eigenvalue weighted by molar-refractivity contribution is 0.133. The van der Waals surface area contributed by atoms with Gasteiger partial charge in [0.2, 0.25) is 0 Å². The molecule has 0 aromatic heterocycles. The molecule has 0 radical (unpaired) electrons. The van der Waals surface area contributed by atoms with E-state index in [-0.39, 0.29) is 18.0 Å². The Labute approximate surface area is 107 Å². The maximum atomic E-state index is 11.2. The molecule has 5 heteroatoms. The Morgan fingerprint density at radius 1 is 1.47 bits per heavy atom. The normalized spacial score (nSPS) is 15.2. The summed E-state index contributed by atoms with van der Waals surface area (Å²) < 4.78 is 10.9. The van der Waals surface area contributed by atoms with Gasteiger partial charge in [-0.2, -0.15) is 0 Å². The van der Waals surface area contributed by atoms with Crippen molar-refractivity contribution in [3.05, 3.63) is 23.8 Å². The number of amides is 1. The number of carbonyl (C=O) groups is 1. The second-order valence-corrected chi connectivity index (χ2v) is 4.42. The fourth-order valence-electron chi connectivity index (χ4n) is 1.82. The number of carbonyl (C=O) groups excluding carboxylic acids is 1. The monoisotopic (exact) mass is 257 g/mol. The van der Waals surface area contributed by atoms with Crippen LogP contribution in [0.15, 0.2) is 18.2 Å². The fraction of sp³-hybridized carbons (Fsp3) is 0.417. The van der Waals surface area contributed by atoms with Gasteiger partial charge < -0.3 is 14.8 Å². The summed E-state index contributed by atoms with van der Waals surface area (Å²) in [5.41, 5.74) is 0.844. The van der Waals surface area contributed by atoms with Gasteiger partial charge in [-0.25, -0.2) is 4.79 Å². The van der Waals surface area contributed by atoms with Gasteiger partial charge in [0.15, 0.2) is 11.5 Å². The molecule has 1 aliphatic heterocycles. The minimum Gasteiger partial charge on any atom is -0.483 e. The van der Waals surface area contributed by atoms with Crippen LogP contribution in [0.5, 0.6) is 11.5 Å². The molecule has 0 bridgehead atoms. The number of nitrogens with one attached hydrogen (secondary N) is 1. The van der Waals surface area contributed by atoms with E-state index < -0.39 is 6.09 Å². The third kappa shape index (κ3) is 2.82. The Bertz CT molecular complexity index is 432. The molecule has 1 aliphatic rings. The summed E-state index contributed by atoms with van der Waals surface area (Å²) in [6.07, 6.45) is 0.342. The number of halogens is 1.